The van der Waals surface area contributed by atoms with E-state index in [1.165, 1.54) is 0 Å². The molecule has 1 atom stereocenters. The maximum atomic E-state index is 13.3. The first-order chi connectivity index (χ1) is 12.3. The van der Waals surface area contributed by atoms with Gasteiger partial charge in [-0.15, -0.1) is 0 Å². The van der Waals surface area contributed by atoms with Gasteiger partial charge >= 0.3 is 0 Å². The zero-order valence-corrected chi connectivity index (χ0v) is 13.5. The van der Waals surface area contributed by atoms with Crippen molar-refractivity contribution in [2.75, 3.05) is 5.01 Å². The lowest BCUT2D eigenvalue weighted by Crippen LogP contribution is -2.47. The van der Waals surface area contributed by atoms with Crippen molar-refractivity contribution in [3.63, 3.8) is 0 Å². The van der Waals surface area contributed by atoms with Gasteiger partial charge in [-0.2, -0.15) is 0 Å². The second kappa shape index (κ2) is 5.35. The Kier molecular flexibility index (Phi) is 3.01. The number of carbonyl (C=O) groups is 1. The fourth-order valence-electron chi connectivity index (χ4n) is 3.71. The minimum Gasteiger partial charge on any atom is -0.267 e. The number of rotatable bonds is 2. The van der Waals surface area contributed by atoms with Gasteiger partial charge in [0.25, 0.3) is 5.91 Å². The predicted octanol–water partition coefficient (Wildman–Crippen LogP) is 4.66. The SMILES string of the molecule is O=C1c2ccccc2C2C=C(c3ccccc3)N1N2c1ccccc1. The number of hydrogen-bond acceptors (Lipinski definition) is 2. The maximum Gasteiger partial charge on any atom is 0.277 e. The van der Waals surface area contributed by atoms with Gasteiger partial charge in [-0.3, -0.25) is 9.80 Å². The number of para-hydroxylation sites is 1. The van der Waals surface area contributed by atoms with E-state index >= 15 is 0 Å². The van der Waals surface area contributed by atoms with Crippen LogP contribution in [-0.2, 0) is 0 Å². The third-order valence-corrected chi connectivity index (χ3v) is 4.82. The minimum absolute atomic E-state index is 0.0170. The van der Waals surface area contributed by atoms with E-state index in [0.717, 1.165) is 28.1 Å². The van der Waals surface area contributed by atoms with Crippen molar-refractivity contribution in [2.24, 2.45) is 0 Å². The van der Waals surface area contributed by atoms with Crippen LogP contribution in [0.5, 0.6) is 0 Å². The van der Waals surface area contributed by atoms with E-state index in [-0.39, 0.29) is 11.9 Å². The Morgan fingerprint density at radius 3 is 2.12 bits per heavy atom. The average molecular weight is 324 g/mol. The molecule has 0 saturated carbocycles. The monoisotopic (exact) mass is 324 g/mol. The van der Waals surface area contributed by atoms with E-state index in [2.05, 4.69) is 17.2 Å². The molecule has 2 heterocycles. The molecule has 3 nitrogen and oxygen atoms in total. The minimum atomic E-state index is 0.0170. The fraction of sp³-hybridized carbons (Fsp3) is 0.0455. The first-order valence-electron chi connectivity index (χ1n) is 8.39. The number of fused-ring (bicyclic) bond motifs is 4. The highest BCUT2D eigenvalue weighted by molar-refractivity contribution is 6.05. The summed E-state index contributed by atoms with van der Waals surface area (Å²) in [5.41, 5.74) is 4.83. The lowest BCUT2D eigenvalue weighted by atomic mass is 9.98. The normalized spacial score (nSPS) is 18.2. The average Bonchev–Trinajstić information content (AvgIpc) is 3.03. The quantitative estimate of drug-likeness (QED) is 0.684. The first kappa shape index (κ1) is 14.1. The largest absolute Gasteiger partial charge is 0.277 e. The summed E-state index contributed by atoms with van der Waals surface area (Å²) in [6, 6.07) is 28.1. The van der Waals surface area contributed by atoms with E-state index in [1.807, 2.05) is 83.9 Å². The van der Waals surface area contributed by atoms with Crippen LogP contribution in [0.3, 0.4) is 0 Å². The molecule has 1 amide bonds. The molecule has 2 bridgehead atoms. The molecule has 0 radical (unpaired) electrons. The third kappa shape index (κ3) is 2.02. The molecule has 0 N–H and O–H groups in total. The molecule has 0 aliphatic carbocycles. The van der Waals surface area contributed by atoms with Crippen LogP contribution in [0.1, 0.15) is 27.5 Å². The molecule has 0 aromatic heterocycles. The zero-order valence-electron chi connectivity index (χ0n) is 13.5. The molecule has 3 aromatic carbocycles. The number of amides is 1. The molecule has 25 heavy (non-hydrogen) atoms. The third-order valence-electron chi connectivity index (χ3n) is 4.82. The molecule has 3 heteroatoms. The van der Waals surface area contributed by atoms with Crippen LogP contribution in [0.2, 0.25) is 0 Å². The summed E-state index contributed by atoms with van der Waals surface area (Å²) in [6.45, 7) is 0. The number of carbonyl (C=O) groups excluding carboxylic acids is 1. The van der Waals surface area contributed by atoms with Crippen LogP contribution in [0.15, 0.2) is 91.0 Å². The molecule has 2 aliphatic rings. The molecule has 0 fully saturated rings. The predicted molar refractivity (Wildman–Crippen MR) is 98.7 cm³/mol. The van der Waals surface area contributed by atoms with Gasteiger partial charge in [0.1, 0.15) is 0 Å². The van der Waals surface area contributed by atoms with Crippen molar-refractivity contribution in [2.45, 2.75) is 6.04 Å². The Balaban J connectivity index is 1.73. The summed E-state index contributed by atoms with van der Waals surface area (Å²) < 4.78 is 0. The summed E-state index contributed by atoms with van der Waals surface area (Å²) >= 11 is 0. The van der Waals surface area contributed by atoms with Crippen molar-refractivity contribution in [1.82, 2.24) is 5.01 Å². The molecule has 120 valence electrons. The van der Waals surface area contributed by atoms with Crippen LogP contribution in [0.4, 0.5) is 5.69 Å². The highest BCUT2D eigenvalue weighted by Crippen LogP contribution is 2.46. The van der Waals surface area contributed by atoms with E-state index in [0.29, 0.717) is 0 Å². The van der Waals surface area contributed by atoms with E-state index in [1.54, 1.807) is 0 Å². The topological polar surface area (TPSA) is 23.6 Å². The van der Waals surface area contributed by atoms with Crippen molar-refractivity contribution < 1.29 is 4.79 Å². The van der Waals surface area contributed by atoms with Gasteiger partial charge in [-0.1, -0.05) is 66.7 Å². The number of hydrazine groups is 1. The summed E-state index contributed by atoms with van der Waals surface area (Å²) in [7, 11) is 0. The summed E-state index contributed by atoms with van der Waals surface area (Å²) in [5, 5.41) is 3.91. The highest BCUT2D eigenvalue weighted by atomic mass is 16.2. The molecule has 2 aliphatic heterocycles. The summed E-state index contributed by atoms with van der Waals surface area (Å²) in [4.78, 5) is 13.3. The maximum absolute atomic E-state index is 13.3. The Bertz CT molecular complexity index is 979. The molecular weight excluding hydrogens is 308 g/mol. The fourth-order valence-corrected chi connectivity index (χ4v) is 3.71. The molecular formula is C22H16N2O. The first-order valence-corrected chi connectivity index (χ1v) is 8.39. The van der Waals surface area contributed by atoms with Crippen LogP contribution in [0, 0.1) is 0 Å². The lowest BCUT2D eigenvalue weighted by Gasteiger charge is -2.40. The Morgan fingerprint density at radius 1 is 0.720 bits per heavy atom. The second-order valence-electron chi connectivity index (χ2n) is 6.25. The van der Waals surface area contributed by atoms with Crippen LogP contribution < -0.4 is 5.01 Å². The highest BCUT2D eigenvalue weighted by Gasteiger charge is 2.44. The van der Waals surface area contributed by atoms with Gasteiger partial charge in [0.2, 0.25) is 0 Å². The van der Waals surface area contributed by atoms with Gasteiger partial charge in [0.05, 0.1) is 17.4 Å². The Hall–Kier alpha value is -3.33. The van der Waals surface area contributed by atoms with Gasteiger partial charge in [0.15, 0.2) is 0 Å². The molecule has 0 saturated heterocycles. The van der Waals surface area contributed by atoms with E-state index < -0.39 is 0 Å². The lowest BCUT2D eigenvalue weighted by molar-refractivity contribution is 0.0809. The molecule has 5 rings (SSSR count). The van der Waals surface area contributed by atoms with Gasteiger partial charge in [0, 0.05) is 5.56 Å². The van der Waals surface area contributed by atoms with Crippen LogP contribution in [-0.4, -0.2) is 10.9 Å². The van der Waals surface area contributed by atoms with Crippen molar-refractivity contribution in [1.29, 1.82) is 0 Å². The second-order valence-corrected chi connectivity index (χ2v) is 6.25. The van der Waals surface area contributed by atoms with E-state index in [9.17, 15) is 4.79 Å². The van der Waals surface area contributed by atoms with Crippen LogP contribution in [0.25, 0.3) is 5.70 Å². The van der Waals surface area contributed by atoms with Gasteiger partial charge in [-0.25, -0.2) is 5.01 Å². The van der Waals surface area contributed by atoms with Gasteiger partial charge in [-0.05, 0) is 35.4 Å². The van der Waals surface area contributed by atoms with E-state index in [4.69, 9.17) is 0 Å². The number of nitrogens with zero attached hydrogens (tertiary/aromatic N) is 2. The molecule has 0 spiro atoms. The van der Waals surface area contributed by atoms with Crippen molar-refractivity contribution >= 4 is 17.3 Å². The Labute approximate surface area is 146 Å². The van der Waals surface area contributed by atoms with Crippen molar-refractivity contribution in [3.8, 4) is 0 Å². The van der Waals surface area contributed by atoms with Gasteiger partial charge < -0.3 is 0 Å². The standard InChI is InChI=1S/C22H16N2O/c25-22-19-14-8-7-13-18(19)21-15-20(16-9-3-1-4-10-16)24(22)23(21)17-11-5-2-6-12-17/h1-15,21H. The molecule has 3 aromatic rings. The zero-order chi connectivity index (χ0) is 16.8. The van der Waals surface area contributed by atoms with Crippen LogP contribution >= 0.6 is 0 Å². The smallest absolute Gasteiger partial charge is 0.267 e. The summed E-state index contributed by atoms with van der Waals surface area (Å²) in [5.74, 6) is 0.0170. The van der Waals surface area contributed by atoms with Crippen molar-refractivity contribution in [3.05, 3.63) is 108 Å². The number of anilines is 1. The summed E-state index contributed by atoms with van der Waals surface area (Å²) in [6.07, 6.45) is 2.19. The number of benzene rings is 3. The number of hydrogen-bond donors (Lipinski definition) is 0. The Morgan fingerprint density at radius 2 is 1.36 bits per heavy atom. The molecule has 1 unspecified atom stereocenters.